The lowest BCUT2D eigenvalue weighted by atomic mass is 10.1. The second-order valence-electron chi connectivity index (χ2n) is 6.84. The third kappa shape index (κ3) is 4.10. The Labute approximate surface area is 156 Å². The predicted molar refractivity (Wildman–Crippen MR) is 105 cm³/mol. The Bertz CT molecular complexity index is 881. The summed E-state index contributed by atoms with van der Waals surface area (Å²) in [6.45, 7) is 9.34. The molecule has 0 saturated carbocycles. The zero-order valence-electron chi connectivity index (χ0n) is 16.2. The van der Waals surface area contributed by atoms with Crippen LogP contribution in [0.15, 0.2) is 29.2 Å². The first-order valence-corrected chi connectivity index (χ1v) is 10.5. The molecule has 0 aliphatic rings. The van der Waals surface area contributed by atoms with E-state index < -0.39 is 10.0 Å². The van der Waals surface area contributed by atoms with Crippen LogP contribution in [0.4, 0.5) is 0 Å². The summed E-state index contributed by atoms with van der Waals surface area (Å²) < 4.78 is 28.6. The maximum atomic E-state index is 12.7. The second kappa shape index (κ2) is 8.22. The zero-order chi connectivity index (χ0) is 19.5. The molecular formula is C19H29N3O3S. The monoisotopic (exact) mass is 379 g/mol. The van der Waals surface area contributed by atoms with Crippen LogP contribution in [-0.4, -0.2) is 42.8 Å². The molecular weight excluding hydrogens is 350 g/mol. The number of aryl methyl sites for hydroxylation is 1. The standard InChI is InChI=1S/C19H29N3O3S/c1-6-22(7-2)26(24,25)16-8-9-17-15(12-16)13-18(21(17)5)19(23)20-11-10-14(3)4/h8-9,12-14H,6-7,10-11H2,1-5H3,(H,20,23). The fourth-order valence-electron chi connectivity index (χ4n) is 2.98. The number of sulfonamides is 1. The van der Waals surface area contributed by atoms with E-state index >= 15 is 0 Å². The van der Waals surface area contributed by atoms with E-state index in [9.17, 15) is 13.2 Å². The molecule has 2 aromatic rings. The summed E-state index contributed by atoms with van der Waals surface area (Å²) in [5.41, 5.74) is 1.36. The Morgan fingerprint density at radius 3 is 2.42 bits per heavy atom. The molecule has 1 amide bonds. The summed E-state index contributed by atoms with van der Waals surface area (Å²) >= 11 is 0. The molecule has 0 aliphatic heterocycles. The molecule has 2 rings (SSSR count). The summed E-state index contributed by atoms with van der Waals surface area (Å²) in [5.74, 6) is 0.383. The van der Waals surface area contributed by atoms with Crippen molar-refractivity contribution in [2.24, 2.45) is 13.0 Å². The smallest absolute Gasteiger partial charge is 0.267 e. The van der Waals surface area contributed by atoms with Gasteiger partial charge in [0.1, 0.15) is 5.69 Å². The zero-order valence-corrected chi connectivity index (χ0v) is 17.1. The van der Waals surface area contributed by atoms with E-state index in [1.54, 1.807) is 28.8 Å². The van der Waals surface area contributed by atoms with Crippen LogP contribution in [-0.2, 0) is 17.1 Å². The number of carbonyl (C=O) groups is 1. The molecule has 6 nitrogen and oxygen atoms in total. The lowest BCUT2D eigenvalue weighted by Gasteiger charge is -2.18. The van der Waals surface area contributed by atoms with Crippen LogP contribution in [0, 0.1) is 5.92 Å². The number of rotatable bonds is 8. The first-order valence-electron chi connectivity index (χ1n) is 9.10. The maximum absolute atomic E-state index is 12.7. The van der Waals surface area contributed by atoms with Gasteiger partial charge in [-0.1, -0.05) is 27.7 Å². The van der Waals surface area contributed by atoms with Gasteiger partial charge in [-0.3, -0.25) is 4.79 Å². The average Bonchev–Trinajstić information content (AvgIpc) is 2.92. The van der Waals surface area contributed by atoms with Gasteiger partial charge in [0.05, 0.1) is 4.90 Å². The van der Waals surface area contributed by atoms with Gasteiger partial charge in [-0.2, -0.15) is 4.31 Å². The lowest BCUT2D eigenvalue weighted by molar-refractivity contribution is 0.0944. The van der Waals surface area contributed by atoms with Crippen LogP contribution < -0.4 is 5.32 Å². The van der Waals surface area contributed by atoms with E-state index in [2.05, 4.69) is 19.2 Å². The van der Waals surface area contributed by atoms with Gasteiger partial charge in [-0.25, -0.2) is 8.42 Å². The largest absolute Gasteiger partial charge is 0.351 e. The van der Waals surface area contributed by atoms with Crippen molar-refractivity contribution < 1.29 is 13.2 Å². The Morgan fingerprint density at radius 1 is 1.19 bits per heavy atom. The summed E-state index contributed by atoms with van der Waals surface area (Å²) in [5, 5.41) is 3.67. The molecule has 0 radical (unpaired) electrons. The first kappa shape index (κ1) is 20.5. The van der Waals surface area contributed by atoms with Crippen molar-refractivity contribution in [3.05, 3.63) is 30.0 Å². The molecule has 0 fully saturated rings. The van der Waals surface area contributed by atoms with E-state index in [0.29, 0.717) is 31.2 Å². The lowest BCUT2D eigenvalue weighted by Crippen LogP contribution is -2.30. The Morgan fingerprint density at radius 2 is 1.85 bits per heavy atom. The Kier molecular flexibility index (Phi) is 6.47. The van der Waals surface area contributed by atoms with Crippen LogP contribution in [0.5, 0.6) is 0 Å². The Balaban J connectivity index is 2.35. The average molecular weight is 380 g/mol. The third-order valence-corrected chi connectivity index (χ3v) is 6.64. The van der Waals surface area contributed by atoms with Gasteiger partial charge in [0.15, 0.2) is 0 Å². The number of hydrogen-bond acceptors (Lipinski definition) is 3. The number of nitrogens with one attached hydrogen (secondary N) is 1. The minimum Gasteiger partial charge on any atom is -0.351 e. The first-order chi connectivity index (χ1) is 12.2. The molecule has 144 valence electrons. The van der Waals surface area contributed by atoms with Gasteiger partial charge in [-0.15, -0.1) is 0 Å². The van der Waals surface area contributed by atoms with Crippen molar-refractivity contribution in [2.45, 2.75) is 39.0 Å². The third-order valence-electron chi connectivity index (χ3n) is 4.60. The summed E-state index contributed by atoms with van der Waals surface area (Å²) in [6.07, 6.45) is 0.919. The molecule has 1 aromatic carbocycles. The number of benzene rings is 1. The van der Waals surface area contributed by atoms with Gasteiger partial charge in [0, 0.05) is 37.6 Å². The quantitative estimate of drug-likeness (QED) is 0.766. The van der Waals surface area contributed by atoms with E-state index in [1.807, 2.05) is 20.9 Å². The Hall–Kier alpha value is -1.86. The second-order valence-corrected chi connectivity index (χ2v) is 8.77. The molecule has 1 heterocycles. The van der Waals surface area contributed by atoms with Crippen LogP contribution in [0.1, 0.15) is 44.6 Å². The van der Waals surface area contributed by atoms with E-state index in [1.165, 1.54) is 4.31 Å². The number of aromatic nitrogens is 1. The van der Waals surface area contributed by atoms with Gasteiger partial charge in [-0.05, 0) is 36.6 Å². The van der Waals surface area contributed by atoms with Crippen molar-refractivity contribution in [3.63, 3.8) is 0 Å². The molecule has 26 heavy (non-hydrogen) atoms. The minimum absolute atomic E-state index is 0.141. The summed E-state index contributed by atoms with van der Waals surface area (Å²) in [7, 11) is -1.70. The molecule has 0 bridgehead atoms. The highest BCUT2D eigenvalue weighted by atomic mass is 32.2. The molecule has 1 aromatic heterocycles. The summed E-state index contributed by atoms with van der Waals surface area (Å²) in [6, 6.07) is 6.77. The highest BCUT2D eigenvalue weighted by Crippen LogP contribution is 2.24. The van der Waals surface area contributed by atoms with Crippen LogP contribution in [0.2, 0.25) is 0 Å². The van der Waals surface area contributed by atoms with Gasteiger partial charge >= 0.3 is 0 Å². The topological polar surface area (TPSA) is 71.4 Å². The highest BCUT2D eigenvalue weighted by molar-refractivity contribution is 7.89. The van der Waals surface area contributed by atoms with Gasteiger partial charge in [0.25, 0.3) is 5.91 Å². The fourth-order valence-corrected chi connectivity index (χ4v) is 4.48. The number of carbonyl (C=O) groups excluding carboxylic acids is 1. The molecule has 0 saturated heterocycles. The van der Waals surface area contributed by atoms with Crippen LogP contribution in [0.25, 0.3) is 10.9 Å². The number of hydrogen-bond donors (Lipinski definition) is 1. The van der Waals surface area contributed by atoms with Crippen LogP contribution >= 0.6 is 0 Å². The molecule has 0 aliphatic carbocycles. The van der Waals surface area contributed by atoms with Crippen molar-refractivity contribution in [1.29, 1.82) is 0 Å². The van der Waals surface area contributed by atoms with E-state index in [-0.39, 0.29) is 10.8 Å². The molecule has 0 atom stereocenters. The number of amides is 1. The number of nitrogens with zero attached hydrogens (tertiary/aromatic N) is 2. The normalized spacial score (nSPS) is 12.3. The summed E-state index contributed by atoms with van der Waals surface area (Å²) in [4.78, 5) is 12.7. The van der Waals surface area contributed by atoms with Crippen molar-refractivity contribution in [2.75, 3.05) is 19.6 Å². The highest BCUT2D eigenvalue weighted by Gasteiger charge is 2.23. The van der Waals surface area contributed by atoms with Gasteiger partial charge < -0.3 is 9.88 Å². The molecule has 1 N–H and O–H groups in total. The van der Waals surface area contributed by atoms with Crippen molar-refractivity contribution in [1.82, 2.24) is 14.2 Å². The van der Waals surface area contributed by atoms with Crippen molar-refractivity contribution in [3.8, 4) is 0 Å². The van der Waals surface area contributed by atoms with Crippen molar-refractivity contribution >= 4 is 26.8 Å². The molecule has 0 unspecified atom stereocenters. The van der Waals surface area contributed by atoms with Crippen LogP contribution in [0.3, 0.4) is 0 Å². The van der Waals surface area contributed by atoms with E-state index in [0.717, 1.165) is 17.3 Å². The molecule has 7 heteroatoms. The predicted octanol–water partition coefficient (Wildman–Crippen LogP) is 2.98. The fraction of sp³-hybridized carbons (Fsp3) is 0.526. The maximum Gasteiger partial charge on any atom is 0.267 e. The van der Waals surface area contributed by atoms with Gasteiger partial charge in [0.2, 0.25) is 10.0 Å². The number of fused-ring (bicyclic) bond motifs is 1. The molecule has 0 spiro atoms. The van der Waals surface area contributed by atoms with E-state index in [4.69, 9.17) is 0 Å². The SMILES string of the molecule is CCN(CC)S(=O)(=O)c1ccc2c(c1)cc(C(=O)NCCC(C)C)n2C. The minimum atomic E-state index is -3.52.